The number of aliphatic hydroxyl groups excluding tert-OH is 1. The van der Waals surface area contributed by atoms with Crippen LogP contribution in [0.1, 0.15) is 43.6 Å². The highest BCUT2D eigenvalue weighted by Gasteiger charge is 2.27. The van der Waals surface area contributed by atoms with Crippen molar-refractivity contribution < 1.29 is 14.6 Å². The summed E-state index contributed by atoms with van der Waals surface area (Å²) in [4.78, 5) is 13.3. The zero-order valence-electron chi connectivity index (χ0n) is 14.0. The summed E-state index contributed by atoms with van der Waals surface area (Å²) in [6, 6.07) is 10.1. The first-order chi connectivity index (χ1) is 11.7. The van der Waals surface area contributed by atoms with Crippen LogP contribution >= 0.6 is 11.3 Å². The second-order valence-corrected chi connectivity index (χ2v) is 7.57. The molecule has 4 nitrogen and oxygen atoms in total. The zero-order valence-corrected chi connectivity index (χ0v) is 14.8. The van der Waals surface area contributed by atoms with E-state index in [9.17, 15) is 9.90 Å². The lowest BCUT2D eigenvalue weighted by atomic mass is 9.92. The van der Waals surface area contributed by atoms with Gasteiger partial charge in [-0.1, -0.05) is 31.5 Å². The van der Waals surface area contributed by atoms with Gasteiger partial charge in [-0.25, -0.2) is 0 Å². The molecule has 2 heterocycles. The minimum atomic E-state index is -0.655. The summed E-state index contributed by atoms with van der Waals surface area (Å²) in [7, 11) is 0. The highest BCUT2D eigenvalue weighted by atomic mass is 32.1. The van der Waals surface area contributed by atoms with E-state index in [4.69, 9.17) is 4.74 Å². The number of amides is 1. The van der Waals surface area contributed by atoms with E-state index in [2.05, 4.69) is 12.2 Å². The number of carbonyl (C=O) groups excluding carboxylic acids is 1. The van der Waals surface area contributed by atoms with Gasteiger partial charge in [0, 0.05) is 28.6 Å². The van der Waals surface area contributed by atoms with Gasteiger partial charge in [0.2, 0.25) is 5.91 Å². The average molecular weight is 347 g/mol. The number of carbonyl (C=O) groups is 1. The van der Waals surface area contributed by atoms with Crippen molar-refractivity contribution in [2.75, 3.05) is 13.2 Å². The van der Waals surface area contributed by atoms with Gasteiger partial charge < -0.3 is 15.2 Å². The van der Waals surface area contributed by atoms with E-state index in [0.717, 1.165) is 40.6 Å². The maximum atomic E-state index is 12.4. The summed E-state index contributed by atoms with van der Waals surface area (Å²) in [6.07, 6.45) is 3.19. The summed E-state index contributed by atoms with van der Waals surface area (Å²) in [5.41, 5.74) is 0. The van der Waals surface area contributed by atoms with Crippen molar-refractivity contribution in [3.63, 3.8) is 0 Å². The smallest absolute Gasteiger partial charge is 0.223 e. The maximum Gasteiger partial charge on any atom is 0.223 e. The van der Waals surface area contributed by atoms with Crippen LogP contribution in [0.25, 0.3) is 10.1 Å². The Hall–Kier alpha value is -1.43. The van der Waals surface area contributed by atoms with Gasteiger partial charge in [-0.15, -0.1) is 11.3 Å². The molecule has 1 aromatic carbocycles. The van der Waals surface area contributed by atoms with Gasteiger partial charge in [0.1, 0.15) is 6.10 Å². The van der Waals surface area contributed by atoms with E-state index in [-0.39, 0.29) is 24.5 Å². The molecule has 0 saturated carbocycles. The Kier molecular flexibility index (Phi) is 5.87. The summed E-state index contributed by atoms with van der Waals surface area (Å²) < 4.78 is 6.86. The molecule has 2 N–H and O–H groups in total. The van der Waals surface area contributed by atoms with Crippen molar-refractivity contribution in [2.24, 2.45) is 5.92 Å². The number of benzene rings is 1. The Bertz CT molecular complexity index is 649. The average Bonchev–Trinajstić information content (AvgIpc) is 3.04. The predicted octanol–water partition coefficient (Wildman–Crippen LogP) is 3.65. The molecule has 1 amide bonds. The van der Waals surface area contributed by atoms with Crippen LogP contribution in [0, 0.1) is 5.92 Å². The molecule has 1 saturated heterocycles. The lowest BCUT2D eigenvalue weighted by Crippen LogP contribution is -2.38. The van der Waals surface area contributed by atoms with E-state index in [1.54, 1.807) is 11.3 Å². The first-order valence-corrected chi connectivity index (χ1v) is 9.55. The first kappa shape index (κ1) is 17.4. The topological polar surface area (TPSA) is 58.6 Å². The number of hydrogen-bond acceptors (Lipinski definition) is 4. The molecule has 0 bridgehead atoms. The molecule has 1 fully saturated rings. The van der Waals surface area contributed by atoms with Gasteiger partial charge in [0.25, 0.3) is 0 Å². The quantitative estimate of drug-likeness (QED) is 0.839. The standard InChI is InChI=1S/C19H25NO3S/c1-2-5-15-10-14(8-9-23-15)19(22)20-12-16(21)18-11-13-6-3-4-7-17(13)24-18/h3-4,6-7,11,14-16,21H,2,5,8-10,12H2,1H3,(H,20,22). The predicted molar refractivity (Wildman–Crippen MR) is 97.2 cm³/mol. The molecule has 130 valence electrons. The highest BCUT2D eigenvalue weighted by Crippen LogP contribution is 2.29. The summed E-state index contributed by atoms with van der Waals surface area (Å²) in [5.74, 6) is 0.0458. The molecule has 1 aliphatic rings. The number of aliphatic hydroxyl groups is 1. The van der Waals surface area contributed by atoms with Crippen molar-refractivity contribution in [1.82, 2.24) is 5.32 Å². The third kappa shape index (κ3) is 4.15. The van der Waals surface area contributed by atoms with Crippen LogP contribution in [-0.4, -0.2) is 30.3 Å². The lowest BCUT2D eigenvalue weighted by Gasteiger charge is -2.28. The molecule has 3 rings (SSSR count). The number of nitrogens with one attached hydrogen (secondary N) is 1. The summed E-state index contributed by atoms with van der Waals surface area (Å²) in [5, 5.41) is 14.4. The maximum absolute atomic E-state index is 12.4. The molecule has 5 heteroatoms. The van der Waals surface area contributed by atoms with Gasteiger partial charge in [-0.2, -0.15) is 0 Å². The minimum absolute atomic E-state index is 0.00454. The van der Waals surface area contributed by atoms with Crippen molar-refractivity contribution in [3.05, 3.63) is 35.2 Å². The molecule has 0 spiro atoms. The summed E-state index contributed by atoms with van der Waals surface area (Å²) in [6.45, 7) is 3.05. The fraction of sp³-hybridized carbons (Fsp3) is 0.526. The second-order valence-electron chi connectivity index (χ2n) is 6.45. The van der Waals surface area contributed by atoms with E-state index in [0.29, 0.717) is 6.61 Å². The summed E-state index contributed by atoms with van der Waals surface area (Å²) >= 11 is 1.58. The number of ether oxygens (including phenoxy) is 1. The third-order valence-corrected chi connectivity index (χ3v) is 5.81. The number of hydrogen-bond donors (Lipinski definition) is 2. The van der Waals surface area contributed by atoms with Crippen LogP contribution in [0.4, 0.5) is 0 Å². The van der Waals surface area contributed by atoms with E-state index < -0.39 is 6.10 Å². The molecule has 3 unspecified atom stereocenters. The fourth-order valence-electron chi connectivity index (χ4n) is 3.25. The Labute approximate surface area is 146 Å². The Balaban J connectivity index is 1.53. The van der Waals surface area contributed by atoms with Crippen molar-refractivity contribution in [1.29, 1.82) is 0 Å². The molecule has 0 aliphatic carbocycles. The normalized spacial score (nSPS) is 22.4. The van der Waals surface area contributed by atoms with Crippen molar-refractivity contribution >= 4 is 27.3 Å². The third-order valence-electron chi connectivity index (χ3n) is 4.59. The Morgan fingerprint density at radius 2 is 2.29 bits per heavy atom. The zero-order chi connectivity index (χ0) is 16.9. The van der Waals surface area contributed by atoms with Gasteiger partial charge in [-0.05, 0) is 36.8 Å². The van der Waals surface area contributed by atoms with Gasteiger partial charge in [0.05, 0.1) is 6.10 Å². The van der Waals surface area contributed by atoms with Gasteiger partial charge >= 0.3 is 0 Å². The van der Waals surface area contributed by atoms with Crippen LogP contribution in [0.2, 0.25) is 0 Å². The van der Waals surface area contributed by atoms with Crippen molar-refractivity contribution in [2.45, 2.75) is 44.8 Å². The number of rotatable bonds is 6. The molecular weight excluding hydrogens is 322 g/mol. The molecule has 0 radical (unpaired) electrons. The van der Waals surface area contributed by atoms with Gasteiger partial charge in [0.15, 0.2) is 0 Å². The molecule has 1 aliphatic heterocycles. The first-order valence-electron chi connectivity index (χ1n) is 8.73. The molecule has 24 heavy (non-hydrogen) atoms. The monoisotopic (exact) mass is 347 g/mol. The van der Waals surface area contributed by atoms with Crippen LogP contribution in [0.15, 0.2) is 30.3 Å². The largest absolute Gasteiger partial charge is 0.386 e. The molecule has 3 atom stereocenters. The van der Waals surface area contributed by atoms with E-state index >= 15 is 0 Å². The van der Waals surface area contributed by atoms with E-state index in [1.165, 1.54) is 0 Å². The SMILES string of the molecule is CCCC1CC(C(=O)NCC(O)c2cc3ccccc3s2)CCO1. The Morgan fingerprint density at radius 1 is 1.46 bits per heavy atom. The minimum Gasteiger partial charge on any atom is -0.386 e. The van der Waals surface area contributed by atoms with E-state index in [1.807, 2.05) is 30.3 Å². The highest BCUT2D eigenvalue weighted by molar-refractivity contribution is 7.19. The Morgan fingerprint density at radius 3 is 3.08 bits per heavy atom. The van der Waals surface area contributed by atoms with Gasteiger partial charge in [-0.3, -0.25) is 4.79 Å². The van der Waals surface area contributed by atoms with Crippen LogP contribution in [0.3, 0.4) is 0 Å². The van der Waals surface area contributed by atoms with Crippen LogP contribution in [-0.2, 0) is 9.53 Å². The lowest BCUT2D eigenvalue weighted by molar-refractivity contribution is -0.130. The van der Waals surface area contributed by atoms with Crippen molar-refractivity contribution in [3.8, 4) is 0 Å². The fourth-order valence-corrected chi connectivity index (χ4v) is 4.30. The second kappa shape index (κ2) is 8.10. The molecule has 1 aromatic heterocycles. The number of fused-ring (bicyclic) bond motifs is 1. The molecule has 2 aromatic rings. The van der Waals surface area contributed by atoms with Crippen LogP contribution < -0.4 is 5.32 Å². The van der Waals surface area contributed by atoms with Crippen LogP contribution in [0.5, 0.6) is 0 Å². The molecular formula is C19H25NO3S. The number of thiophene rings is 1.